The van der Waals surface area contributed by atoms with Gasteiger partial charge in [-0.05, 0) is 42.2 Å². The van der Waals surface area contributed by atoms with Crippen molar-refractivity contribution in [2.45, 2.75) is 12.5 Å². The van der Waals surface area contributed by atoms with E-state index in [1.54, 1.807) is 12.1 Å². The molecule has 24 heavy (non-hydrogen) atoms. The average Bonchev–Trinajstić information content (AvgIpc) is 3.09. The number of benzene rings is 2. The van der Waals surface area contributed by atoms with Crippen molar-refractivity contribution in [1.82, 2.24) is 5.32 Å². The molecule has 0 bridgehead atoms. The second kappa shape index (κ2) is 7.45. The highest BCUT2D eigenvalue weighted by Crippen LogP contribution is 2.23. The highest BCUT2D eigenvalue weighted by molar-refractivity contribution is 5.82. The molecule has 0 radical (unpaired) electrons. The molecule has 0 saturated carbocycles. The summed E-state index contributed by atoms with van der Waals surface area (Å²) < 4.78 is 13.0. The van der Waals surface area contributed by atoms with E-state index in [1.807, 2.05) is 30.3 Å². The SMILES string of the molecule is NC(C(=O)NCC1CCN(c2ccc(F)cc2)C1)c1ccccc1. The van der Waals surface area contributed by atoms with Gasteiger partial charge in [0.15, 0.2) is 0 Å². The summed E-state index contributed by atoms with van der Waals surface area (Å²) >= 11 is 0. The smallest absolute Gasteiger partial charge is 0.241 e. The molecule has 2 aromatic rings. The van der Waals surface area contributed by atoms with Gasteiger partial charge < -0.3 is 16.0 Å². The van der Waals surface area contributed by atoms with E-state index < -0.39 is 6.04 Å². The van der Waals surface area contributed by atoms with Crippen LogP contribution in [0.1, 0.15) is 18.0 Å². The molecule has 4 nitrogen and oxygen atoms in total. The molecular weight excluding hydrogens is 305 g/mol. The predicted molar refractivity (Wildman–Crippen MR) is 93.1 cm³/mol. The van der Waals surface area contributed by atoms with Crippen LogP contribution in [-0.4, -0.2) is 25.5 Å². The molecule has 5 heteroatoms. The highest BCUT2D eigenvalue weighted by Gasteiger charge is 2.24. The van der Waals surface area contributed by atoms with Crippen molar-refractivity contribution in [3.63, 3.8) is 0 Å². The van der Waals surface area contributed by atoms with Crippen molar-refractivity contribution < 1.29 is 9.18 Å². The molecule has 3 N–H and O–H groups in total. The van der Waals surface area contributed by atoms with E-state index >= 15 is 0 Å². The summed E-state index contributed by atoms with van der Waals surface area (Å²) in [5, 5.41) is 2.95. The highest BCUT2D eigenvalue weighted by atomic mass is 19.1. The van der Waals surface area contributed by atoms with Crippen LogP contribution < -0.4 is 16.0 Å². The van der Waals surface area contributed by atoms with Gasteiger partial charge >= 0.3 is 0 Å². The maximum absolute atomic E-state index is 13.0. The quantitative estimate of drug-likeness (QED) is 0.887. The van der Waals surface area contributed by atoms with Crippen LogP contribution >= 0.6 is 0 Å². The van der Waals surface area contributed by atoms with E-state index in [1.165, 1.54) is 12.1 Å². The third kappa shape index (κ3) is 3.92. The van der Waals surface area contributed by atoms with E-state index in [0.29, 0.717) is 12.5 Å². The molecule has 0 aromatic heterocycles. The van der Waals surface area contributed by atoms with Crippen LogP contribution in [0.3, 0.4) is 0 Å². The third-order valence-corrected chi connectivity index (χ3v) is 4.48. The van der Waals surface area contributed by atoms with Crippen molar-refractivity contribution in [3.8, 4) is 0 Å². The van der Waals surface area contributed by atoms with Gasteiger partial charge in [-0.25, -0.2) is 4.39 Å². The van der Waals surface area contributed by atoms with Crippen LogP contribution in [0.2, 0.25) is 0 Å². The van der Waals surface area contributed by atoms with Gasteiger partial charge in [0.05, 0.1) is 0 Å². The van der Waals surface area contributed by atoms with Gasteiger partial charge in [0.25, 0.3) is 0 Å². The lowest BCUT2D eigenvalue weighted by Crippen LogP contribution is -2.37. The Hall–Kier alpha value is -2.40. The minimum atomic E-state index is -0.638. The molecule has 0 spiro atoms. The van der Waals surface area contributed by atoms with Gasteiger partial charge in [-0.2, -0.15) is 0 Å². The maximum atomic E-state index is 13.0. The van der Waals surface area contributed by atoms with Crippen LogP contribution in [0.4, 0.5) is 10.1 Å². The Morgan fingerprint density at radius 1 is 1.21 bits per heavy atom. The van der Waals surface area contributed by atoms with Crippen molar-refractivity contribution in [1.29, 1.82) is 0 Å². The molecule has 1 aliphatic heterocycles. The van der Waals surface area contributed by atoms with E-state index in [4.69, 9.17) is 5.73 Å². The summed E-state index contributed by atoms with van der Waals surface area (Å²) in [6, 6.07) is 15.3. The van der Waals surface area contributed by atoms with E-state index in [0.717, 1.165) is 30.8 Å². The number of nitrogens with one attached hydrogen (secondary N) is 1. The number of rotatable bonds is 5. The van der Waals surface area contributed by atoms with Crippen LogP contribution in [0.5, 0.6) is 0 Å². The molecule has 2 aromatic carbocycles. The standard InChI is InChI=1S/C19H22FN3O/c20-16-6-8-17(9-7-16)23-11-10-14(13-23)12-22-19(24)18(21)15-4-2-1-3-5-15/h1-9,14,18H,10-13,21H2,(H,22,24). The van der Waals surface area contributed by atoms with Crippen molar-refractivity contribution >= 4 is 11.6 Å². The van der Waals surface area contributed by atoms with Crippen molar-refractivity contribution in [2.24, 2.45) is 11.7 Å². The second-order valence-corrected chi connectivity index (χ2v) is 6.21. The predicted octanol–water partition coefficient (Wildman–Crippen LogP) is 2.47. The summed E-state index contributed by atoms with van der Waals surface area (Å²) in [5.74, 6) is 0.0000634. The number of nitrogens with two attached hydrogens (primary N) is 1. The summed E-state index contributed by atoms with van der Waals surface area (Å²) in [4.78, 5) is 14.4. The van der Waals surface area contributed by atoms with Crippen molar-refractivity contribution in [2.75, 3.05) is 24.5 Å². The number of anilines is 1. The zero-order chi connectivity index (χ0) is 16.9. The number of carbonyl (C=O) groups excluding carboxylic acids is 1. The Labute approximate surface area is 141 Å². The molecule has 126 valence electrons. The zero-order valence-electron chi connectivity index (χ0n) is 13.5. The van der Waals surface area contributed by atoms with Gasteiger partial charge in [-0.3, -0.25) is 4.79 Å². The Morgan fingerprint density at radius 3 is 2.62 bits per heavy atom. The fourth-order valence-electron chi connectivity index (χ4n) is 3.05. The van der Waals surface area contributed by atoms with Gasteiger partial charge in [-0.15, -0.1) is 0 Å². The Kier molecular flexibility index (Phi) is 5.11. The number of amides is 1. The minimum Gasteiger partial charge on any atom is -0.371 e. The lowest BCUT2D eigenvalue weighted by molar-refractivity contribution is -0.122. The molecule has 2 unspecified atom stereocenters. The fourth-order valence-corrected chi connectivity index (χ4v) is 3.05. The lowest BCUT2D eigenvalue weighted by Gasteiger charge is -2.19. The molecule has 1 heterocycles. The number of hydrogen-bond acceptors (Lipinski definition) is 3. The largest absolute Gasteiger partial charge is 0.371 e. The van der Waals surface area contributed by atoms with E-state index in [2.05, 4.69) is 10.2 Å². The molecule has 1 amide bonds. The molecular formula is C19H22FN3O. The maximum Gasteiger partial charge on any atom is 0.241 e. The number of nitrogens with zero attached hydrogens (tertiary/aromatic N) is 1. The third-order valence-electron chi connectivity index (χ3n) is 4.48. The molecule has 0 aliphatic carbocycles. The monoisotopic (exact) mass is 327 g/mol. The number of carbonyl (C=O) groups is 1. The van der Waals surface area contributed by atoms with E-state index in [9.17, 15) is 9.18 Å². The topological polar surface area (TPSA) is 58.4 Å². The fraction of sp³-hybridized carbons (Fsp3) is 0.316. The summed E-state index contributed by atoms with van der Waals surface area (Å²) in [6.45, 7) is 2.38. The van der Waals surface area contributed by atoms with E-state index in [-0.39, 0.29) is 11.7 Å². The summed E-state index contributed by atoms with van der Waals surface area (Å²) in [6.07, 6.45) is 0.998. The van der Waals surface area contributed by atoms with Gasteiger partial charge in [0, 0.05) is 25.3 Å². The molecule has 1 fully saturated rings. The van der Waals surface area contributed by atoms with Crippen LogP contribution in [0, 0.1) is 11.7 Å². The van der Waals surface area contributed by atoms with Crippen molar-refractivity contribution in [3.05, 3.63) is 66.0 Å². The number of hydrogen-bond donors (Lipinski definition) is 2. The van der Waals surface area contributed by atoms with Gasteiger partial charge in [0.1, 0.15) is 11.9 Å². The first-order valence-corrected chi connectivity index (χ1v) is 8.22. The van der Waals surface area contributed by atoms with Gasteiger partial charge in [0.2, 0.25) is 5.91 Å². The first kappa shape index (κ1) is 16.5. The summed E-state index contributed by atoms with van der Waals surface area (Å²) in [5.41, 5.74) is 7.83. The van der Waals surface area contributed by atoms with Crippen LogP contribution in [-0.2, 0) is 4.79 Å². The molecule has 1 aliphatic rings. The molecule has 1 saturated heterocycles. The Balaban J connectivity index is 1.49. The minimum absolute atomic E-state index is 0.151. The first-order valence-electron chi connectivity index (χ1n) is 8.22. The lowest BCUT2D eigenvalue weighted by atomic mass is 10.1. The summed E-state index contributed by atoms with van der Waals surface area (Å²) in [7, 11) is 0. The van der Waals surface area contributed by atoms with Crippen LogP contribution in [0.15, 0.2) is 54.6 Å². The average molecular weight is 327 g/mol. The molecule has 2 atom stereocenters. The van der Waals surface area contributed by atoms with Gasteiger partial charge in [-0.1, -0.05) is 30.3 Å². The Bertz CT molecular complexity index is 675. The Morgan fingerprint density at radius 2 is 1.92 bits per heavy atom. The first-order chi connectivity index (χ1) is 11.6. The van der Waals surface area contributed by atoms with Crippen LogP contribution in [0.25, 0.3) is 0 Å². The molecule has 3 rings (SSSR count). The normalized spacial score (nSPS) is 18.4. The zero-order valence-corrected chi connectivity index (χ0v) is 13.5. The second-order valence-electron chi connectivity index (χ2n) is 6.21. The number of halogens is 1.